The molecule has 1 aliphatic carbocycles. The van der Waals surface area contributed by atoms with E-state index in [1.165, 1.54) is 22.3 Å². The lowest BCUT2D eigenvalue weighted by atomic mass is 9.82. The Hall–Kier alpha value is -6.13. The Morgan fingerprint density at radius 1 is 0.542 bits per heavy atom. The lowest BCUT2D eigenvalue weighted by Gasteiger charge is -2.27. The molecule has 0 unspecified atom stereocenters. The minimum absolute atomic E-state index is 0.0865. The van der Waals surface area contributed by atoms with E-state index in [0.29, 0.717) is 5.89 Å². The largest absolute Gasteiger partial charge is 0.456 e. The predicted molar refractivity (Wildman–Crippen MR) is 196 cm³/mol. The Kier molecular flexibility index (Phi) is 5.59. The van der Waals surface area contributed by atoms with Crippen LogP contribution in [0.15, 0.2) is 154 Å². The van der Waals surface area contributed by atoms with Gasteiger partial charge in [-0.2, -0.15) is 0 Å². The average Bonchev–Trinajstić information content (AvgIpc) is 3.80. The van der Waals surface area contributed by atoms with Crippen LogP contribution < -0.4 is 4.90 Å². The van der Waals surface area contributed by atoms with Crippen molar-refractivity contribution in [3.63, 3.8) is 0 Å². The zero-order chi connectivity index (χ0) is 32.0. The number of fused-ring (bicyclic) bond motifs is 9. The topological polar surface area (TPSA) is 42.4 Å². The monoisotopic (exact) mass is 618 g/mol. The predicted octanol–water partition coefficient (Wildman–Crippen LogP) is 12.3. The molecule has 4 heteroatoms. The summed E-state index contributed by atoms with van der Waals surface area (Å²) >= 11 is 0. The second-order valence-corrected chi connectivity index (χ2v) is 13.2. The first-order chi connectivity index (χ1) is 23.5. The van der Waals surface area contributed by atoms with Crippen LogP contribution in [-0.4, -0.2) is 4.98 Å². The van der Waals surface area contributed by atoms with Gasteiger partial charge < -0.3 is 13.7 Å². The van der Waals surface area contributed by atoms with Crippen LogP contribution in [0.2, 0.25) is 0 Å². The second-order valence-electron chi connectivity index (χ2n) is 13.2. The van der Waals surface area contributed by atoms with Crippen LogP contribution in [0.4, 0.5) is 17.1 Å². The summed E-state index contributed by atoms with van der Waals surface area (Å²) in [5, 5.41) is 4.29. The van der Waals surface area contributed by atoms with Crippen LogP contribution in [0.25, 0.3) is 66.4 Å². The van der Waals surface area contributed by atoms with E-state index in [1.807, 2.05) is 42.5 Å². The Morgan fingerprint density at radius 2 is 1.23 bits per heavy atom. The average molecular weight is 619 g/mol. The maximum atomic E-state index is 6.64. The fourth-order valence-electron chi connectivity index (χ4n) is 7.72. The Balaban J connectivity index is 1.28. The lowest BCUT2D eigenvalue weighted by Crippen LogP contribution is -2.15. The van der Waals surface area contributed by atoms with Crippen molar-refractivity contribution in [2.45, 2.75) is 19.3 Å². The highest BCUT2D eigenvalue weighted by molar-refractivity contribution is 6.12. The quantitative estimate of drug-likeness (QED) is 0.197. The molecular formula is C44H30N2O2. The normalized spacial score (nSPS) is 13.4. The third-order valence-corrected chi connectivity index (χ3v) is 10.1. The molecule has 0 saturated heterocycles. The van der Waals surface area contributed by atoms with Gasteiger partial charge in [0.1, 0.15) is 16.7 Å². The summed E-state index contributed by atoms with van der Waals surface area (Å²) in [6.45, 7) is 4.64. The summed E-state index contributed by atoms with van der Waals surface area (Å²) in [4.78, 5) is 7.55. The first-order valence-electron chi connectivity index (χ1n) is 16.4. The van der Waals surface area contributed by atoms with Gasteiger partial charge >= 0.3 is 0 Å². The van der Waals surface area contributed by atoms with Crippen molar-refractivity contribution in [3.05, 3.63) is 157 Å². The Labute approximate surface area is 277 Å². The molecule has 4 nitrogen and oxygen atoms in total. The van der Waals surface area contributed by atoms with Gasteiger partial charge in [-0.3, -0.25) is 0 Å². The molecule has 7 aromatic carbocycles. The fraction of sp³-hybridized carbons (Fsp3) is 0.0682. The third kappa shape index (κ3) is 3.86. The summed E-state index contributed by atoms with van der Waals surface area (Å²) in [5.74, 6) is 0.601. The highest BCUT2D eigenvalue weighted by atomic mass is 16.3. The van der Waals surface area contributed by atoms with Gasteiger partial charge in [0, 0.05) is 38.5 Å². The van der Waals surface area contributed by atoms with Gasteiger partial charge in [-0.15, -0.1) is 0 Å². The van der Waals surface area contributed by atoms with Gasteiger partial charge in [0.15, 0.2) is 5.58 Å². The number of benzene rings is 7. The van der Waals surface area contributed by atoms with E-state index >= 15 is 0 Å². The van der Waals surface area contributed by atoms with Crippen molar-refractivity contribution in [2.75, 3.05) is 4.90 Å². The van der Waals surface area contributed by atoms with Crippen molar-refractivity contribution < 1.29 is 8.83 Å². The lowest BCUT2D eigenvalue weighted by molar-refractivity contribution is 0.623. The highest BCUT2D eigenvalue weighted by Gasteiger charge is 2.36. The molecule has 228 valence electrons. The molecule has 0 fully saturated rings. The van der Waals surface area contributed by atoms with Gasteiger partial charge in [0.05, 0.1) is 5.69 Å². The number of rotatable bonds is 4. The summed E-state index contributed by atoms with van der Waals surface area (Å²) < 4.78 is 12.9. The van der Waals surface area contributed by atoms with Crippen molar-refractivity contribution in [1.82, 2.24) is 4.98 Å². The van der Waals surface area contributed by atoms with Gasteiger partial charge in [0.2, 0.25) is 5.89 Å². The summed E-state index contributed by atoms with van der Waals surface area (Å²) in [7, 11) is 0. The molecule has 0 N–H and O–H groups in total. The molecule has 0 saturated carbocycles. The van der Waals surface area contributed by atoms with E-state index < -0.39 is 0 Å². The molecule has 2 heterocycles. The van der Waals surface area contributed by atoms with Crippen LogP contribution in [0.1, 0.15) is 25.0 Å². The molecule has 0 bridgehead atoms. The summed E-state index contributed by atoms with van der Waals surface area (Å²) in [6.07, 6.45) is 0. The number of oxazole rings is 1. The van der Waals surface area contributed by atoms with Gasteiger partial charge in [-0.25, -0.2) is 4.98 Å². The van der Waals surface area contributed by atoms with Crippen LogP contribution >= 0.6 is 0 Å². The SMILES string of the molecule is CC1(C)c2ccccc2-c2cc(N(c3ccc4oc5ccccc5c4c3)c3cc4ccccc4c4oc(-c5ccccc5)nc34)ccc21. The first-order valence-corrected chi connectivity index (χ1v) is 16.4. The zero-order valence-electron chi connectivity index (χ0n) is 26.6. The molecule has 0 radical (unpaired) electrons. The first kappa shape index (κ1) is 27.0. The molecular weight excluding hydrogens is 588 g/mol. The molecule has 10 rings (SSSR count). The van der Waals surface area contributed by atoms with E-state index in [0.717, 1.165) is 66.4 Å². The number of nitrogens with zero attached hydrogens (tertiary/aromatic N) is 2. The molecule has 2 aromatic heterocycles. The van der Waals surface area contributed by atoms with Crippen LogP contribution in [-0.2, 0) is 5.41 Å². The Morgan fingerprint density at radius 3 is 2.12 bits per heavy atom. The van der Waals surface area contributed by atoms with Crippen molar-refractivity contribution in [3.8, 4) is 22.6 Å². The van der Waals surface area contributed by atoms with Crippen molar-refractivity contribution in [2.24, 2.45) is 0 Å². The summed E-state index contributed by atoms with van der Waals surface area (Å²) in [5.41, 5.74) is 12.4. The number of para-hydroxylation sites is 1. The Bertz CT molecular complexity index is 2720. The number of aromatic nitrogens is 1. The van der Waals surface area contributed by atoms with E-state index in [4.69, 9.17) is 13.8 Å². The standard InChI is InChI=1S/C44H30N2O2/c1-44(2)36-18-10-8-16-32(36)34-25-29(20-22-37(34)44)46(30-21-23-40-35(26-30)33-17-9-11-19-39(33)47-40)38-24-28-14-6-7-15-31(28)42-41(38)45-43(48-42)27-12-4-3-5-13-27/h3-26H,1-2H3. The van der Waals surface area contributed by atoms with E-state index in [9.17, 15) is 0 Å². The second kappa shape index (κ2) is 9.93. The number of hydrogen-bond acceptors (Lipinski definition) is 4. The van der Waals surface area contributed by atoms with Gasteiger partial charge in [-0.05, 0) is 82.2 Å². The van der Waals surface area contributed by atoms with E-state index in [1.54, 1.807) is 0 Å². The van der Waals surface area contributed by atoms with Crippen LogP contribution in [0, 0.1) is 0 Å². The number of hydrogen-bond donors (Lipinski definition) is 0. The maximum absolute atomic E-state index is 6.64. The molecule has 1 aliphatic rings. The fourth-order valence-corrected chi connectivity index (χ4v) is 7.72. The molecule has 9 aromatic rings. The number of furan rings is 1. The summed E-state index contributed by atoms with van der Waals surface area (Å²) in [6, 6.07) is 51.2. The maximum Gasteiger partial charge on any atom is 0.227 e. The molecule has 0 spiro atoms. The third-order valence-electron chi connectivity index (χ3n) is 10.1. The van der Waals surface area contributed by atoms with E-state index in [2.05, 4.69) is 122 Å². The highest BCUT2D eigenvalue weighted by Crippen LogP contribution is 2.51. The minimum atomic E-state index is -0.0865. The van der Waals surface area contributed by atoms with Crippen molar-refractivity contribution in [1.29, 1.82) is 0 Å². The number of anilines is 3. The molecule has 48 heavy (non-hydrogen) atoms. The minimum Gasteiger partial charge on any atom is -0.456 e. The smallest absolute Gasteiger partial charge is 0.227 e. The molecule has 0 atom stereocenters. The molecule has 0 amide bonds. The van der Waals surface area contributed by atoms with Crippen LogP contribution in [0.3, 0.4) is 0 Å². The van der Waals surface area contributed by atoms with Crippen LogP contribution in [0.5, 0.6) is 0 Å². The van der Waals surface area contributed by atoms with Gasteiger partial charge in [-0.1, -0.05) is 105 Å². The molecule has 0 aliphatic heterocycles. The zero-order valence-corrected chi connectivity index (χ0v) is 26.6. The van der Waals surface area contributed by atoms with Gasteiger partial charge in [0.25, 0.3) is 0 Å². The van der Waals surface area contributed by atoms with E-state index in [-0.39, 0.29) is 5.41 Å². The van der Waals surface area contributed by atoms with Crippen molar-refractivity contribution >= 4 is 60.9 Å².